The Morgan fingerprint density at radius 3 is 2.70 bits per heavy atom. The summed E-state index contributed by atoms with van der Waals surface area (Å²) >= 11 is 1.39. The molecular formula is C28H32F2N2O4S. The second kappa shape index (κ2) is 12.7. The number of likely N-dealkylation sites (tertiary alicyclic amines) is 1. The van der Waals surface area contributed by atoms with Crippen molar-refractivity contribution in [3.63, 3.8) is 0 Å². The van der Waals surface area contributed by atoms with Crippen LogP contribution < -0.4 is 4.74 Å². The zero-order valence-electron chi connectivity index (χ0n) is 20.8. The van der Waals surface area contributed by atoms with Gasteiger partial charge in [0.1, 0.15) is 17.4 Å². The van der Waals surface area contributed by atoms with E-state index in [1.807, 2.05) is 24.3 Å². The smallest absolute Gasteiger partial charge is 0.303 e. The van der Waals surface area contributed by atoms with Gasteiger partial charge in [0, 0.05) is 47.8 Å². The number of aliphatic carboxylic acids is 1. The number of halogens is 2. The van der Waals surface area contributed by atoms with Gasteiger partial charge in [0.15, 0.2) is 0 Å². The van der Waals surface area contributed by atoms with Gasteiger partial charge in [0.2, 0.25) is 0 Å². The van der Waals surface area contributed by atoms with Crippen LogP contribution in [0.15, 0.2) is 53.6 Å². The Bertz CT molecular complexity index is 1210. The Hall–Kier alpha value is -2.75. The maximum atomic E-state index is 13.4. The van der Waals surface area contributed by atoms with Crippen LogP contribution in [0.5, 0.6) is 5.75 Å². The van der Waals surface area contributed by atoms with Crippen LogP contribution in [-0.4, -0.2) is 58.6 Å². The number of rotatable bonds is 11. The number of pyridine rings is 1. The average molecular weight is 531 g/mol. The van der Waals surface area contributed by atoms with Crippen molar-refractivity contribution >= 4 is 28.6 Å². The van der Waals surface area contributed by atoms with E-state index >= 15 is 0 Å². The minimum Gasteiger partial charge on any atom is -0.497 e. The van der Waals surface area contributed by atoms with Gasteiger partial charge in [-0.2, -0.15) is 0 Å². The first-order valence-corrected chi connectivity index (χ1v) is 13.4. The zero-order chi connectivity index (χ0) is 26.4. The summed E-state index contributed by atoms with van der Waals surface area (Å²) in [5.41, 5.74) is 1.58. The molecule has 1 aliphatic rings. The first-order valence-electron chi connectivity index (χ1n) is 12.5. The Labute approximate surface area is 219 Å². The highest BCUT2D eigenvalue weighted by atomic mass is 32.2. The number of carboxylic acids is 1. The molecule has 6 nitrogen and oxygen atoms in total. The molecule has 9 heteroatoms. The lowest BCUT2D eigenvalue weighted by atomic mass is 9.79. The number of aliphatic hydroxyl groups is 1. The lowest BCUT2D eigenvalue weighted by Crippen LogP contribution is -2.42. The van der Waals surface area contributed by atoms with Crippen molar-refractivity contribution in [3.8, 4) is 5.75 Å². The molecule has 3 aromatic rings. The predicted octanol–water partition coefficient (Wildman–Crippen LogP) is 5.54. The Kier molecular flexibility index (Phi) is 9.34. The van der Waals surface area contributed by atoms with Crippen molar-refractivity contribution in [2.75, 3.05) is 32.5 Å². The number of ether oxygens (including phenoxy) is 1. The van der Waals surface area contributed by atoms with Gasteiger partial charge in [-0.05, 0) is 79.6 Å². The van der Waals surface area contributed by atoms with Gasteiger partial charge in [-0.15, -0.1) is 11.8 Å². The van der Waals surface area contributed by atoms with Crippen LogP contribution in [0.25, 0.3) is 10.9 Å². The Morgan fingerprint density at radius 2 is 1.97 bits per heavy atom. The number of hydrogen-bond donors (Lipinski definition) is 2. The van der Waals surface area contributed by atoms with Gasteiger partial charge in [0.05, 0.1) is 18.7 Å². The van der Waals surface area contributed by atoms with E-state index in [1.54, 1.807) is 13.3 Å². The maximum Gasteiger partial charge on any atom is 0.303 e. The van der Waals surface area contributed by atoms with Crippen molar-refractivity contribution in [2.45, 2.75) is 36.7 Å². The second-order valence-electron chi connectivity index (χ2n) is 9.54. The number of thioether (sulfide) groups is 1. The highest BCUT2D eigenvalue weighted by Gasteiger charge is 2.31. The highest BCUT2D eigenvalue weighted by molar-refractivity contribution is 7.99. The van der Waals surface area contributed by atoms with Crippen LogP contribution >= 0.6 is 11.8 Å². The van der Waals surface area contributed by atoms with Gasteiger partial charge >= 0.3 is 5.97 Å². The fraction of sp³-hybridized carbons (Fsp3) is 0.429. The molecule has 37 heavy (non-hydrogen) atoms. The van der Waals surface area contributed by atoms with Crippen molar-refractivity contribution < 1.29 is 28.5 Å². The molecule has 198 valence electrons. The molecule has 0 amide bonds. The van der Waals surface area contributed by atoms with Gasteiger partial charge < -0.3 is 19.8 Å². The van der Waals surface area contributed by atoms with Crippen LogP contribution in [0, 0.1) is 23.5 Å². The molecule has 2 aromatic carbocycles. The molecule has 1 saturated heterocycles. The topological polar surface area (TPSA) is 82.9 Å². The van der Waals surface area contributed by atoms with Gasteiger partial charge in [0.25, 0.3) is 0 Å². The summed E-state index contributed by atoms with van der Waals surface area (Å²) < 4.78 is 32.2. The normalized spacial score (nSPS) is 19.1. The van der Waals surface area contributed by atoms with Gasteiger partial charge in [-0.1, -0.05) is 0 Å². The van der Waals surface area contributed by atoms with E-state index in [0.717, 1.165) is 41.9 Å². The number of fused-ring (bicyclic) bond motifs is 1. The molecular weight excluding hydrogens is 498 g/mol. The van der Waals surface area contributed by atoms with Crippen LogP contribution in [-0.2, 0) is 4.79 Å². The fourth-order valence-corrected chi connectivity index (χ4v) is 6.17. The number of aliphatic hydroxyl groups excluding tert-OH is 1. The van der Waals surface area contributed by atoms with E-state index < -0.39 is 23.7 Å². The second-order valence-corrected chi connectivity index (χ2v) is 10.7. The summed E-state index contributed by atoms with van der Waals surface area (Å²) in [5, 5.41) is 21.4. The Balaban J connectivity index is 1.34. The number of benzene rings is 2. The predicted molar refractivity (Wildman–Crippen MR) is 140 cm³/mol. The van der Waals surface area contributed by atoms with Crippen LogP contribution in [0.2, 0.25) is 0 Å². The lowest BCUT2D eigenvalue weighted by Gasteiger charge is -2.38. The van der Waals surface area contributed by atoms with E-state index in [-0.39, 0.29) is 18.3 Å². The highest BCUT2D eigenvalue weighted by Crippen LogP contribution is 2.35. The molecule has 0 saturated carbocycles. The number of carbonyl (C=O) groups is 1. The van der Waals surface area contributed by atoms with Gasteiger partial charge in [-0.25, -0.2) is 8.78 Å². The molecule has 1 fully saturated rings. The molecule has 1 aliphatic heterocycles. The third-order valence-corrected chi connectivity index (χ3v) is 8.03. The maximum absolute atomic E-state index is 13.4. The summed E-state index contributed by atoms with van der Waals surface area (Å²) in [6.07, 6.45) is 3.17. The third-order valence-electron chi connectivity index (χ3n) is 7.08. The van der Waals surface area contributed by atoms with Crippen molar-refractivity contribution in [1.29, 1.82) is 0 Å². The van der Waals surface area contributed by atoms with E-state index in [4.69, 9.17) is 4.74 Å². The van der Waals surface area contributed by atoms with E-state index in [2.05, 4.69) is 9.88 Å². The average Bonchev–Trinajstić information content (AvgIpc) is 2.86. The van der Waals surface area contributed by atoms with Crippen LogP contribution in [0.4, 0.5) is 8.78 Å². The molecule has 2 heterocycles. The quantitative estimate of drug-likeness (QED) is 0.315. The number of hydrogen-bond acceptors (Lipinski definition) is 6. The van der Waals surface area contributed by atoms with Crippen molar-refractivity contribution in [1.82, 2.24) is 9.88 Å². The van der Waals surface area contributed by atoms with Crippen molar-refractivity contribution in [2.24, 2.45) is 11.8 Å². The van der Waals surface area contributed by atoms with Crippen molar-refractivity contribution in [3.05, 3.63) is 65.9 Å². The number of aromatic nitrogens is 1. The SMILES string of the molecule is COc1ccc2nccc([C@@H](O)CC[C@@H]3CCN(CCSc4cc(F)cc(F)c4)C[C@@H]3CC(=O)O)c2c1. The third kappa shape index (κ3) is 7.40. The number of piperidine rings is 1. The number of methoxy groups -OCH3 is 1. The standard InChI is InChI=1S/C28H32F2N2O4S/c1-36-22-3-4-26-25(16-22)24(6-8-31-26)27(33)5-2-18-7-9-32(17-19(18)12-28(34)35)10-11-37-23-14-20(29)13-21(30)15-23/h3-4,6,8,13-16,18-19,27,33H,2,5,7,9-12,17H2,1H3,(H,34,35)/t18-,19+,27+/m1/s1. The summed E-state index contributed by atoms with van der Waals surface area (Å²) in [4.78, 5) is 18.7. The summed E-state index contributed by atoms with van der Waals surface area (Å²) in [5.74, 6) is -0.487. The minimum absolute atomic E-state index is 0.0238. The monoisotopic (exact) mass is 530 g/mol. The summed E-state index contributed by atoms with van der Waals surface area (Å²) in [6.45, 7) is 2.18. The molecule has 0 bridgehead atoms. The zero-order valence-corrected chi connectivity index (χ0v) is 21.6. The molecule has 3 atom stereocenters. The first kappa shape index (κ1) is 27.3. The molecule has 4 rings (SSSR count). The number of nitrogens with zero attached hydrogens (tertiary/aromatic N) is 2. The number of carboxylic acid groups (broad SMARTS) is 1. The fourth-order valence-electron chi connectivity index (χ4n) is 5.19. The van der Waals surface area contributed by atoms with E-state index in [0.29, 0.717) is 35.9 Å². The minimum atomic E-state index is -0.825. The molecule has 0 spiro atoms. The van der Waals surface area contributed by atoms with Crippen LogP contribution in [0.3, 0.4) is 0 Å². The summed E-state index contributed by atoms with van der Waals surface area (Å²) in [7, 11) is 1.60. The first-order chi connectivity index (χ1) is 17.8. The molecule has 0 aliphatic carbocycles. The molecule has 2 N–H and O–H groups in total. The van der Waals surface area contributed by atoms with E-state index in [9.17, 15) is 23.8 Å². The summed E-state index contributed by atoms with van der Waals surface area (Å²) in [6, 6.07) is 10.9. The van der Waals surface area contributed by atoms with E-state index in [1.165, 1.54) is 23.9 Å². The molecule has 0 unspecified atom stereocenters. The lowest BCUT2D eigenvalue weighted by molar-refractivity contribution is -0.139. The Morgan fingerprint density at radius 1 is 1.19 bits per heavy atom. The van der Waals surface area contributed by atoms with Crippen LogP contribution in [0.1, 0.15) is 37.4 Å². The largest absolute Gasteiger partial charge is 0.497 e. The molecule has 1 aromatic heterocycles. The van der Waals surface area contributed by atoms with Gasteiger partial charge in [-0.3, -0.25) is 9.78 Å². The molecule has 0 radical (unpaired) electrons.